The van der Waals surface area contributed by atoms with Crippen molar-refractivity contribution in [3.8, 4) is 0 Å². The fraction of sp³-hybridized carbons (Fsp3) is 0.133. The van der Waals surface area contributed by atoms with E-state index < -0.39 is 5.97 Å². The second-order valence-electron chi connectivity index (χ2n) is 4.37. The topological polar surface area (TPSA) is 76.2 Å². The fourth-order valence-corrected chi connectivity index (χ4v) is 2.07. The number of ether oxygens (including phenoxy) is 1. The molecule has 1 N–H and O–H groups in total. The molecule has 2 rings (SSSR count). The molecule has 0 fully saturated rings. The van der Waals surface area contributed by atoms with Crippen molar-refractivity contribution in [2.24, 2.45) is 0 Å². The molecule has 0 unspecified atom stereocenters. The Morgan fingerprint density at radius 1 is 1.19 bits per heavy atom. The highest BCUT2D eigenvalue weighted by molar-refractivity contribution is 9.10. The van der Waals surface area contributed by atoms with Gasteiger partial charge in [0.25, 0.3) is 0 Å². The number of aromatic amines is 1. The number of Topliss-reactive ketones (excluding diaryl/α,β-unsaturated/α-hetero) is 2. The molecule has 0 bridgehead atoms. The predicted molar refractivity (Wildman–Crippen MR) is 79.6 cm³/mol. The molecule has 0 aliphatic carbocycles. The van der Waals surface area contributed by atoms with Crippen LogP contribution in [-0.4, -0.2) is 29.1 Å². The van der Waals surface area contributed by atoms with Crippen molar-refractivity contribution in [1.82, 2.24) is 4.98 Å². The van der Waals surface area contributed by atoms with Gasteiger partial charge in [0.2, 0.25) is 0 Å². The minimum absolute atomic E-state index is 0.141. The summed E-state index contributed by atoms with van der Waals surface area (Å²) in [5.74, 6) is -1.13. The first kappa shape index (κ1) is 15.2. The van der Waals surface area contributed by atoms with Gasteiger partial charge in [0, 0.05) is 21.8 Å². The predicted octanol–water partition coefficient (Wildman–Crippen LogP) is 3.02. The number of hydrogen-bond acceptors (Lipinski definition) is 4. The van der Waals surface area contributed by atoms with Crippen LogP contribution in [0.2, 0.25) is 0 Å². The summed E-state index contributed by atoms with van der Waals surface area (Å²) in [7, 11) is 0. The van der Waals surface area contributed by atoms with Crippen molar-refractivity contribution in [3.63, 3.8) is 0 Å². The van der Waals surface area contributed by atoms with Gasteiger partial charge in [-0.15, -0.1) is 0 Å². The second kappa shape index (κ2) is 6.49. The zero-order valence-electron chi connectivity index (χ0n) is 11.2. The highest BCUT2D eigenvalue weighted by Gasteiger charge is 2.14. The number of aromatic nitrogens is 1. The zero-order valence-corrected chi connectivity index (χ0v) is 12.8. The number of nitrogens with one attached hydrogen (secondary N) is 1. The molecule has 21 heavy (non-hydrogen) atoms. The van der Waals surface area contributed by atoms with Crippen LogP contribution in [0.25, 0.3) is 0 Å². The Balaban J connectivity index is 1.97. The molecular formula is C15H12BrNO4. The fourth-order valence-electron chi connectivity index (χ4n) is 1.67. The molecule has 0 aliphatic rings. The van der Waals surface area contributed by atoms with Crippen LogP contribution in [0, 0.1) is 0 Å². The van der Waals surface area contributed by atoms with E-state index >= 15 is 0 Å². The summed E-state index contributed by atoms with van der Waals surface area (Å²) in [6, 6.07) is 8.21. The summed E-state index contributed by atoms with van der Waals surface area (Å²) < 4.78 is 5.70. The minimum atomic E-state index is -0.675. The first-order valence-corrected chi connectivity index (χ1v) is 6.92. The average molecular weight is 350 g/mol. The maximum atomic E-state index is 11.9. The van der Waals surface area contributed by atoms with Crippen LogP contribution in [0.1, 0.15) is 38.1 Å². The molecule has 0 saturated carbocycles. The van der Waals surface area contributed by atoms with Crippen LogP contribution in [-0.2, 0) is 4.74 Å². The molecule has 0 amide bonds. The Labute approximate surface area is 129 Å². The van der Waals surface area contributed by atoms with Crippen LogP contribution < -0.4 is 0 Å². The lowest BCUT2D eigenvalue weighted by molar-refractivity contribution is 0.0469. The highest BCUT2D eigenvalue weighted by Crippen LogP contribution is 2.12. The van der Waals surface area contributed by atoms with Crippen molar-refractivity contribution >= 4 is 33.5 Å². The number of ketones is 2. The van der Waals surface area contributed by atoms with Gasteiger partial charge in [0.1, 0.15) is 5.69 Å². The Kier molecular flexibility index (Phi) is 4.70. The van der Waals surface area contributed by atoms with Gasteiger partial charge in [-0.05, 0) is 25.1 Å². The summed E-state index contributed by atoms with van der Waals surface area (Å²) in [5.41, 5.74) is 0.982. The standard InChI is InChI=1S/C15H12BrNO4/c1-9(18)11-6-13(17-7-11)15(20)21-8-14(19)10-3-2-4-12(16)5-10/h2-7,17H,8H2,1H3. The van der Waals surface area contributed by atoms with Crippen LogP contribution in [0.15, 0.2) is 41.0 Å². The highest BCUT2D eigenvalue weighted by atomic mass is 79.9. The molecule has 108 valence electrons. The molecular weight excluding hydrogens is 338 g/mol. The van der Waals surface area contributed by atoms with Gasteiger partial charge in [0.05, 0.1) is 0 Å². The lowest BCUT2D eigenvalue weighted by atomic mass is 10.1. The summed E-state index contributed by atoms with van der Waals surface area (Å²) in [4.78, 5) is 37.4. The number of esters is 1. The molecule has 1 aromatic heterocycles. The monoisotopic (exact) mass is 349 g/mol. The third-order valence-corrected chi connectivity index (χ3v) is 3.28. The van der Waals surface area contributed by atoms with E-state index in [1.807, 2.05) is 0 Å². The molecule has 0 radical (unpaired) electrons. The number of carbonyl (C=O) groups is 3. The van der Waals surface area contributed by atoms with Gasteiger partial charge < -0.3 is 9.72 Å². The Bertz CT molecular complexity index is 705. The van der Waals surface area contributed by atoms with E-state index in [9.17, 15) is 14.4 Å². The zero-order chi connectivity index (χ0) is 15.4. The van der Waals surface area contributed by atoms with Crippen LogP contribution in [0.5, 0.6) is 0 Å². The van der Waals surface area contributed by atoms with Crippen LogP contribution >= 0.6 is 15.9 Å². The largest absolute Gasteiger partial charge is 0.453 e. The lowest BCUT2D eigenvalue weighted by Crippen LogP contribution is -2.14. The van der Waals surface area contributed by atoms with Gasteiger partial charge in [-0.25, -0.2) is 4.79 Å². The number of carbonyl (C=O) groups excluding carboxylic acids is 3. The molecule has 6 heteroatoms. The van der Waals surface area contributed by atoms with Gasteiger partial charge in [-0.2, -0.15) is 0 Å². The van der Waals surface area contributed by atoms with Gasteiger partial charge >= 0.3 is 5.97 Å². The number of halogens is 1. The summed E-state index contributed by atoms with van der Waals surface area (Å²) >= 11 is 3.27. The minimum Gasteiger partial charge on any atom is -0.453 e. The third-order valence-electron chi connectivity index (χ3n) is 2.79. The number of rotatable bonds is 5. The van der Waals surface area contributed by atoms with Gasteiger partial charge in [-0.1, -0.05) is 28.1 Å². The van der Waals surface area contributed by atoms with Gasteiger partial charge in [0.15, 0.2) is 18.2 Å². The maximum absolute atomic E-state index is 11.9. The molecule has 0 spiro atoms. The number of H-pyrrole nitrogens is 1. The summed E-state index contributed by atoms with van der Waals surface area (Å²) in [6.07, 6.45) is 1.43. The van der Waals surface area contributed by atoms with E-state index in [1.165, 1.54) is 19.2 Å². The molecule has 5 nitrogen and oxygen atoms in total. The molecule has 1 heterocycles. The smallest absolute Gasteiger partial charge is 0.355 e. The Morgan fingerprint density at radius 2 is 1.95 bits per heavy atom. The van der Waals surface area contributed by atoms with E-state index in [0.717, 1.165) is 4.47 Å². The quantitative estimate of drug-likeness (QED) is 0.664. The van der Waals surface area contributed by atoms with Crippen molar-refractivity contribution < 1.29 is 19.1 Å². The Hall–Kier alpha value is -2.21. The molecule has 0 aliphatic heterocycles. The van der Waals surface area contributed by atoms with E-state index in [-0.39, 0.29) is 23.9 Å². The summed E-state index contributed by atoms with van der Waals surface area (Å²) in [5, 5.41) is 0. The van der Waals surface area contributed by atoms with Crippen molar-refractivity contribution in [2.45, 2.75) is 6.92 Å². The molecule has 0 saturated heterocycles. The van der Waals surface area contributed by atoms with Crippen molar-refractivity contribution in [3.05, 3.63) is 57.8 Å². The maximum Gasteiger partial charge on any atom is 0.355 e. The third kappa shape index (κ3) is 3.88. The number of hydrogen-bond donors (Lipinski definition) is 1. The average Bonchev–Trinajstić information content (AvgIpc) is 2.94. The lowest BCUT2D eigenvalue weighted by Gasteiger charge is -2.03. The molecule has 1 aromatic carbocycles. The van der Waals surface area contributed by atoms with Crippen molar-refractivity contribution in [1.29, 1.82) is 0 Å². The van der Waals surface area contributed by atoms with Gasteiger partial charge in [-0.3, -0.25) is 9.59 Å². The summed E-state index contributed by atoms with van der Waals surface area (Å²) in [6.45, 7) is 1.04. The molecule has 0 atom stereocenters. The van der Waals surface area contributed by atoms with E-state index in [0.29, 0.717) is 11.1 Å². The van der Waals surface area contributed by atoms with Crippen LogP contribution in [0.3, 0.4) is 0 Å². The van der Waals surface area contributed by atoms with E-state index in [1.54, 1.807) is 24.3 Å². The second-order valence-corrected chi connectivity index (χ2v) is 5.28. The Morgan fingerprint density at radius 3 is 2.57 bits per heavy atom. The molecule has 2 aromatic rings. The number of benzene rings is 1. The van der Waals surface area contributed by atoms with E-state index in [2.05, 4.69) is 20.9 Å². The first-order chi connectivity index (χ1) is 9.97. The first-order valence-electron chi connectivity index (χ1n) is 6.12. The van der Waals surface area contributed by atoms with Crippen LogP contribution in [0.4, 0.5) is 0 Å². The SMILES string of the molecule is CC(=O)c1c[nH]c(C(=O)OCC(=O)c2cccc(Br)c2)c1. The van der Waals surface area contributed by atoms with E-state index in [4.69, 9.17) is 4.74 Å². The van der Waals surface area contributed by atoms with Crippen molar-refractivity contribution in [2.75, 3.05) is 6.61 Å². The normalized spacial score (nSPS) is 10.2.